The van der Waals surface area contributed by atoms with Crippen LogP contribution in [0.3, 0.4) is 0 Å². The molecule has 0 saturated carbocycles. The lowest BCUT2D eigenvalue weighted by molar-refractivity contribution is 0.102. The molecule has 1 heterocycles. The van der Waals surface area contributed by atoms with Crippen LogP contribution in [0.15, 0.2) is 35.0 Å². The van der Waals surface area contributed by atoms with E-state index >= 15 is 0 Å². The first-order valence-electron chi connectivity index (χ1n) is 5.63. The van der Waals surface area contributed by atoms with Gasteiger partial charge in [0.05, 0.1) is 6.20 Å². The number of aryl methyl sites for hydroxylation is 1. The minimum absolute atomic E-state index is 0.198. The van der Waals surface area contributed by atoms with Crippen molar-refractivity contribution in [1.82, 2.24) is 5.16 Å². The number of aliphatic hydroxyl groups excluding tert-OH is 1. The van der Waals surface area contributed by atoms with Gasteiger partial charge in [0.15, 0.2) is 0 Å². The molecule has 0 aliphatic heterocycles. The van der Waals surface area contributed by atoms with E-state index in [4.69, 9.17) is 9.63 Å². The van der Waals surface area contributed by atoms with Gasteiger partial charge in [0, 0.05) is 11.3 Å². The Morgan fingerprint density at radius 2 is 2.37 bits per heavy atom. The Morgan fingerprint density at radius 1 is 1.53 bits per heavy atom. The fraction of sp³-hybridized carbons (Fsp3) is 0.143. The zero-order chi connectivity index (χ0) is 13.7. The lowest BCUT2D eigenvalue weighted by atomic mass is 10.2. The highest BCUT2D eigenvalue weighted by Gasteiger charge is 2.12. The number of hydrogen-bond acceptors (Lipinski definition) is 4. The van der Waals surface area contributed by atoms with Gasteiger partial charge in [-0.25, -0.2) is 0 Å². The monoisotopic (exact) mass is 256 g/mol. The Bertz CT molecular complexity index is 650. The third-order valence-corrected chi connectivity index (χ3v) is 2.43. The number of benzene rings is 1. The Hall–Kier alpha value is -2.58. The second-order valence-electron chi connectivity index (χ2n) is 3.79. The normalized spacial score (nSPS) is 9.58. The molecular weight excluding hydrogens is 244 g/mol. The largest absolute Gasteiger partial charge is 0.384 e. The summed E-state index contributed by atoms with van der Waals surface area (Å²) in [5.41, 5.74) is 1.73. The zero-order valence-electron chi connectivity index (χ0n) is 10.3. The predicted octanol–water partition coefficient (Wildman–Crippen LogP) is 1.58. The number of nitrogens with zero attached hydrogens (tertiary/aromatic N) is 1. The summed E-state index contributed by atoms with van der Waals surface area (Å²) in [6, 6.07) is 7.05. The van der Waals surface area contributed by atoms with Crippen LogP contribution in [0.4, 0.5) is 5.69 Å². The fourth-order valence-corrected chi connectivity index (χ4v) is 1.53. The van der Waals surface area contributed by atoms with Crippen LogP contribution in [-0.4, -0.2) is 22.8 Å². The lowest BCUT2D eigenvalue weighted by Crippen LogP contribution is -2.12. The summed E-state index contributed by atoms with van der Waals surface area (Å²) in [6.07, 6.45) is 1.38. The van der Waals surface area contributed by atoms with Gasteiger partial charge in [-0.3, -0.25) is 4.79 Å². The molecule has 0 atom stereocenters. The second kappa shape index (κ2) is 5.85. The van der Waals surface area contributed by atoms with Crippen LogP contribution in [0.25, 0.3) is 0 Å². The van der Waals surface area contributed by atoms with Crippen LogP contribution in [-0.2, 0) is 0 Å². The topological polar surface area (TPSA) is 75.4 Å². The molecule has 5 heteroatoms. The van der Waals surface area contributed by atoms with Gasteiger partial charge in [0.2, 0.25) is 0 Å². The van der Waals surface area contributed by atoms with E-state index in [2.05, 4.69) is 22.3 Å². The first-order chi connectivity index (χ1) is 9.20. The van der Waals surface area contributed by atoms with E-state index in [1.165, 1.54) is 6.20 Å². The first-order valence-corrected chi connectivity index (χ1v) is 5.63. The first kappa shape index (κ1) is 12.9. The van der Waals surface area contributed by atoms with Crippen molar-refractivity contribution in [1.29, 1.82) is 0 Å². The molecule has 1 amide bonds. The number of carbonyl (C=O) groups is 1. The molecule has 96 valence electrons. The fourth-order valence-electron chi connectivity index (χ4n) is 1.53. The van der Waals surface area contributed by atoms with Gasteiger partial charge in [-0.2, -0.15) is 0 Å². The minimum atomic E-state index is -0.286. The van der Waals surface area contributed by atoms with Crippen molar-refractivity contribution in [3.8, 4) is 11.8 Å². The van der Waals surface area contributed by atoms with Crippen molar-refractivity contribution in [2.45, 2.75) is 6.92 Å². The summed E-state index contributed by atoms with van der Waals surface area (Å²) in [6.45, 7) is 1.47. The molecule has 0 aliphatic rings. The number of aliphatic hydroxyl groups is 1. The molecule has 2 aromatic rings. The molecule has 0 saturated heterocycles. The van der Waals surface area contributed by atoms with Crippen molar-refractivity contribution in [3.05, 3.63) is 47.3 Å². The standard InChI is InChI=1S/C14H12N2O3/c1-10-13(9-15-19-10)14(18)16-12-6-2-4-11(8-12)5-3-7-17/h2,4,6,8-9,17H,7H2,1H3,(H,16,18). The van der Waals surface area contributed by atoms with Gasteiger partial charge in [0.1, 0.15) is 17.9 Å². The van der Waals surface area contributed by atoms with Gasteiger partial charge in [0.25, 0.3) is 5.91 Å². The molecule has 0 unspecified atom stereocenters. The third-order valence-electron chi connectivity index (χ3n) is 2.43. The van der Waals surface area contributed by atoms with E-state index in [1.54, 1.807) is 31.2 Å². The van der Waals surface area contributed by atoms with Crippen molar-refractivity contribution < 1.29 is 14.4 Å². The molecule has 0 fully saturated rings. The van der Waals surface area contributed by atoms with E-state index in [0.717, 1.165) is 0 Å². The quantitative estimate of drug-likeness (QED) is 0.800. The Labute approximate surface area is 110 Å². The summed E-state index contributed by atoms with van der Waals surface area (Å²) >= 11 is 0. The van der Waals surface area contributed by atoms with Gasteiger partial charge < -0.3 is 14.9 Å². The van der Waals surface area contributed by atoms with Gasteiger partial charge in [-0.05, 0) is 25.1 Å². The average Bonchev–Trinajstić information content (AvgIpc) is 2.83. The summed E-state index contributed by atoms with van der Waals surface area (Å²) in [5.74, 6) is 5.50. The van der Waals surface area contributed by atoms with Gasteiger partial charge in [-0.15, -0.1) is 0 Å². The Morgan fingerprint density at radius 3 is 3.05 bits per heavy atom. The highest BCUT2D eigenvalue weighted by atomic mass is 16.5. The predicted molar refractivity (Wildman–Crippen MR) is 69.6 cm³/mol. The van der Waals surface area contributed by atoms with Crippen LogP contribution >= 0.6 is 0 Å². The zero-order valence-corrected chi connectivity index (χ0v) is 10.3. The Balaban J connectivity index is 2.15. The maximum absolute atomic E-state index is 11.9. The van der Waals surface area contributed by atoms with Crippen molar-refractivity contribution in [3.63, 3.8) is 0 Å². The number of aromatic nitrogens is 1. The van der Waals surface area contributed by atoms with Crippen LogP contribution < -0.4 is 5.32 Å². The molecule has 0 aliphatic carbocycles. The number of amides is 1. The lowest BCUT2D eigenvalue weighted by Gasteiger charge is -2.04. The number of carbonyl (C=O) groups excluding carboxylic acids is 1. The molecule has 2 N–H and O–H groups in total. The minimum Gasteiger partial charge on any atom is -0.384 e. The number of anilines is 1. The van der Waals surface area contributed by atoms with Crippen LogP contribution in [0.5, 0.6) is 0 Å². The van der Waals surface area contributed by atoms with E-state index in [-0.39, 0.29) is 12.5 Å². The smallest absolute Gasteiger partial charge is 0.260 e. The second-order valence-corrected chi connectivity index (χ2v) is 3.79. The molecule has 2 rings (SSSR count). The van der Waals surface area contributed by atoms with Gasteiger partial charge in [-0.1, -0.05) is 23.1 Å². The summed E-state index contributed by atoms with van der Waals surface area (Å²) in [4.78, 5) is 11.9. The van der Waals surface area contributed by atoms with E-state index in [1.807, 2.05) is 0 Å². The van der Waals surface area contributed by atoms with Crippen molar-refractivity contribution >= 4 is 11.6 Å². The number of rotatable bonds is 2. The average molecular weight is 256 g/mol. The highest BCUT2D eigenvalue weighted by molar-refractivity contribution is 6.04. The van der Waals surface area contributed by atoms with Crippen LogP contribution in [0.1, 0.15) is 21.7 Å². The van der Waals surface area contributed by atoms with Crippen molar-refractivity contribution in [2.24, 2.45) is 0 Å². The molecule has 1 aromatic heterocycles. The molecule has 1 aromatic carbocycles. The van der Waals surface area contributed by atoms with E-state index in [9.17, 15) is 4.79 Å². The summed E-state index contributed by atoms with van der Waals surface area (Å²) in [5, 5.41) is 14.9. The molecule has 0 bridgehead atoms. The maximum atomic E-state index is 11.9. The maximum Gasteiger partial charge on any atom is 0.260 e. The Kier molecular flexibility index (Phi) is 3.96. The van der Waals surface area contributed by atoms with Gasteiger partial charge >= 0.3 is 0 Å². The van der Waals surface area contributed by atoms with Crippen molar-refractivity contribution in [2.75, 3.05) is 11.9 Å². The summed E-state index contributed by atoms with van der Waals surface area (Å²) < 4.78 is 4.84. The number of nitrogens with one attached hydrogen (secondary N) is 1. The molecule has 0 spiro atoms. The third kappa shape index (κ3) is 3.21. The van der Waals surface area contributed by atoms with Crippen LogP contribution in [0, 0.1) is 18.8 Å². The van der Waals surface area contributed by atoms with E-state index < -0.39 is 0 Å². The molecule has 5 nitrogen and oxygen atoms in total. The van der Waals surface area contributed by atoms with Crippen LogP contribution in [0.2, 0.25) is 0 Å². The molecule has 0 radical (unpaired) electrons. The summed E-state index contributed by atoms with van der Waals surface area (Å²) in [7, 11) is 0. The van der Waals surface area contributed by atoms with E-state index in [0.29, 0.717) is 22.6 Å². The molecule has 19 heavy (non-hydrogen) atoms. The molecular formula is C14H12N2O3. The SMILES string of the molecule is Cc1oncc1C(=O)Nc1cccc(C#CCO)c1. The number of hydrogen-bond donors (Lipinski definition) is 2. The highest BCUT2D eigenvalue weighted by Crippen LogP contribution is 2.13.